The predicted octanol–water partition coefficient (Wildman–Crippen LogP) is 5.96. The highest BCUT2D eigenvalue weighted by Gasteiger charge is 2.21. The van der Waals surface area contributed by atoms with Crippen molar-refractivity contribution in [2.75, 3.05) is 0 Å². The molecule has 0 saturated heterocycles. The Morgan fingerprint density at radius 1 is 0.840 bits per heavy atom. The molecule has 0 spiro atoms. The summed E-state index contributed by atoms with van der Waals surface area (Å²) in [6, 6.07) is 10.5. The van der Waals surface area contributed by atoms with E-state index in [-0.39, 0.29) is 0 Å². The van der Waals surface area contributed by atoms with Crippen LogP contribution in [0.25, 0.3) is 28.3 Å². The molecule has 5 heteroatoms. The van der Waals surface area contributed by atoms with Gasteiger partial charge in [0.1, 0.15) is 12.1 Å². The van der Waals surface area contributed by atoms with Crippen molar-refractivity contribution in [1.29, 1.82) is 0 Å². The van der Waals surface area contributed by atoms with Crippen LogP contribution in [0.4, 0.5) is 0 Å². The number of hydrogen-bond acceptors (Lipinski definition) is 4. The summed E-state index contributed by atoms with van der Waals surface area (Å²) in [4.78, 5) is 14.6. The molecule has 4 rings (SSSR count). The van der Waals surface area contributed by atoms with Crippen LogP contribution in [0.1, 0.15) is 19.5 Å². The second kappa shape index (κ2) is 6.24. The van der Waals surface area contributed by atoms with E-state index < -0.39 is 0 Å². The van der Waals surface area contributed by atoms with Gasteiger partial charge >= 0.3 is 0 Å². The smallest absolute Gasteiger partial charge is 0.138 e. The van der Waals surface area contributed by atoms with Crippen LogP contribution >= 0.6 is 22.7 Å². The summed E-state index contributed by atoms with van der Waals surface area (Å²) >= 11 is 3.65. The standard InChI is InChI=1S/C20H19N3S2/c1-12-9-16(14(3)24-12)19-20(17-10-13(2)25-15(17)4)23(11-22-19)18-7-5-6-8-21-18/h5-11H,1-4H3. The molecule has 3 nitrogen and oxygen atoms in total. The van der Waals surface area contributed by atoms with Crippen molar-refractivity contribution in [3.05, 3.63) is 62.4 Å². The average Bonchev–Trinajstić information content (AvgIpc) is 3.24. The second-order valence-corrected chi connectivity index (χ2v) is 9.07. The first kappa shape index (κ1) is 16.2. The Bertz CT molecular complexity index is 1040. The quantitative estimate of drug-likeness (QED) is 0.448. The first-order valence-corrected chi connectivity index (χ1v) is 9.81. The molecule has 0 fully saturated rings. The maximum Gasteiger partial charge on any atom is 0.138 e. The van der Waals surface area contributed by atoms with E-state index in [1.807, 2.05) is 53.4 Å². The summed E-state index contributed by atoms with van der Waals surface area (Å²) in [5.74, 6) is 0.893. The third-order valence-electron chi connectivity index (χ3n) is 4.26. The summed E-state index contributed by atoms with van der Waals surface area (Å²) < 4.78 is 2.11. The molecule has 0 atom stereocenters. The van der Waals surface area contributed by atoms with Gasteiger partial charge in [0.25, 0.3) is 0 Å². The Kier molecular flexibility index (Phi) is 4.06. The molecule has 0 N–H and O–H groups in total. The highest BCUT2D eigenvalue weighted by molar-refractivity contribution is 7.12. The van der Waals surface area contributed by atoms with Crippen molar-refractivity contribution < 1.29 is 0 Å². The van der Waals surface area contributed by atoms with E-state index in [1.54, 1.807) is 0 Å². The van der Waals surface area contributed by atoms with Crippen molar-refractivity contribution in [3.63, 3.8) is 0 Å². The fourth-order valence-corrected chi connectivity index (χ4v) is 5.06. The number of aromatic nitrogens is 3. The Balaban J connectivity index is 2.02. The minimum Gasteiger partial charge on any atom is -0.282 e. The molecular weight excluding hydrogens is 346 g/mol. The maximum atomic E-state index is 4.80. The molecule has 0 amide bonds. The Labute approximate surface area is 155 Å². The molecule has 126 valence electrons. The topological polar surface area (TPSA) is 30.7 Å². The lowest BCUT2D eigenvalue weighted by atomic mass is 10.1. The van der Waals surface area contributed by atoms with Crippen LogP contribution < -0.4 is 0 Å². The van der Waals surface area contributed by atoms with E-state index in [4.69, 9.17) is 4.98 Å². The van der Waals surface area contributed by atoms with E-state index in [1.165, 1.54) is 30.6 Å². The van der Waals surface area contributed by atoms with Crippen LogP contribution in [-0.4, -0.2) is 14.5 Å². The summed E-state index contributed by atoms with van der Waals surface area (Å²) in [5, 5.41) is 0. The maximum absolute atomic E-state index is 4.80. The van der Waals surface area contributed by atoms with Crippen molar-refractivity contribution in [1.82, 2.24) is 14.5 Å². The molecule has 0 aliphatic carbocycles. The Morgan fingerprint density at radius 3 is 2.08 bits per heavy atom. The van der Waals surface area contributed by atoms with Gasteiger partial charge in [-0.25, -0.2) is 9.97 Å². The van der Waals surface area contributed by atoms with Crippen LogP contribution in [0, 0.1) is 27.7 Å². The van der Waals surface area contributed by atoms with Crippen molar-refractivity contribution in [2.45, 2.75) is 27.7 Å². The first-order valence-electron chi connectivity index (χ1n) is 8.18. The van der Waals surface area contributed by atoms with Gasteiger partial charge in [-0.3, -0.25) is 4.57 Å². The minimum absolute atomic E-state index is 0.893. The van der Waals surface area contributed by atoms with Gasteiger partial charge in [0.2, 0.25) is 0 Å². The van der Waals surface area contributed by atoms with Crippen LogP contribution in [0.15, 0.2) is 42.9 Å². The number of aryl methyl sites for hydroxylation is 4. The molecule has 0 bridgehead atoms. The van der Waals surface area contributed by atoms with Gasteiger partial charge in [0.15, 0.2) is 0 Å². The number of imidazole rings is 1. The summed E-state index contributed by atoms with van der Waals surface area (Å²) in [5.41, 5.74) is 4.62. The van der Waals surface area contributed by atoms with Gasteiger partial charge < -0.3 is 0 Å². The van der Waals surface area contributed by atoms with Crippen LogP contribution in [-0.2, 0) is 0 Å². The normalized spacial score (nSPS) is 11.2. The fourth-order valence-electron chi connectivity index (χ4n) is 3.20. The summed E-state index contributed by atoms with van der Waals surface area (Å²) in [6.07, 6.45) is 3.72. The molecular formula is C20H19N3S2. The molecule has 0 unspecified atom stereocenters. The van der Waals surface area contributed by atoms with Crippen molar-refractivity contribution >= 4 is 22.7 Å². The van der Waals surface area contributed by atoms with Crippen molar-refractivity contribution in [3.8, 4) is 28.3 Å². The molecule has 0 aromatic carbocycles. The lowest BCUT2D eigenvalue weighted by Crippen LogP contribution is -1.98. The molecule has 0 saturated carbocycles. The van der Waals surface area contributed by atoms with Gasteiger partial charge in [-0.15, -0.1) is 22.7 Å². The fraction of sp³-hybridized carbons (Fsp3) is 0.200. The monoisotopic (exact) mass is 365 g/mol. The van der Waals surface area contributed by atoms with Gasteiger partial charge in [-0.05, 0) is 52.0 Å². The van der Waals surface area contributed by atoms with Crippen LogP contribution in [0.5, 0.6) is 0 Å². The highest BCUT2D eigenvalue weighted by atomic mass is 32.1. The minimum atomic E-state index is 0.893. The van der Waals surface area contributed by atoms with E-state index >= 15 is 0 Å². The molecule has 25 heavy (non-hydrogen) atoms. The molecule has 0 aliphatic heterocycles. The van der Waals surface area contributed by atoms with E-state index in [0.717, 1.165) is 17.2 Å². The number of rotatable bonds is 3. The Hall–Kier alpha value is -2.24. The number of thiophene rings is 2. The SMILES string of the molecule is Cc1cc(-c2ncn(-c3ccccn3)c2-c2cc(C)sc2C)c(C)s1. The second-order valence-electron chi connectivity index (χ2n) is 6.15. The van der Waals surface area contributed by atoms with Gasteiger partial charge in [0.05, 0.1) is 11.4 Å². The van der Waals surface area contributed by atoms with Gasteiger partial charge in [-0.2, -0.15) is 0 Å². The average molecular weight is 366 g/mol. The number of nitrogens with zero attached hydrogens (tertiary/aromatic N) is 3. The molecule has 4 aromatic heterocycles. The van der Waals surface area contributed by atoms with E-state index in [9.17, 15) is 0 Å². The summed E-state index contributed by atoms with van der Waals surface area (Å²) in [7, 11) is 0. The zero-order valence-corrected chi connectivity index (χ0v) is 16.3. The van der Waals surface area contributed by atoms with Crippen LogP contribution in [0.2, 0.25) is 0 Å². The third kappa shape index (κ3) is 2.83. The largest absolute Gasteiger partial charge is 0.282 e. The van der Waals surface area contributed by atoms with Crippen molar-refractivity contribution in [2.24, 2.45) is 0 Å². The number of hydrogen-bond donors (Lipinski definition) is 0. The zero-order chi connectivity index (χ0) is 17.6. The molecule has 0 radical (unpaired) electrons. The Morgan fingerprint density at radius 2 is 1.52 bits per heavy atom. The van der Waals surface area contributed by atoms with E-state index in [0.29, 0.717) is 0 Å². The van der Waals surface area contributed by atoms with Gasteiger partial charge in [-0.1, -0.05) is 6.07 Å². The van der Waals surface area contributed by atoms with Crippen LogP contribution in [0.3, 0.4) is 0 Å². The van der Waals surface area contributed by atoms with E-state index in [2.05, 4.69) is 49.4 Å². The lowest BCUT2D eigenvalue weighted by Gasteiger charge is -2.09. The zero-order valence-electron chi connectivity index (χ0n) is 14.7. The third-order valence-corrected chi connectivity index (χ3v) is 6.19. The highest BCUT2D eigenvalue weighted by Crippen LogP contribution is 2.40. The predicted molar refractivity (Wildman–Crippen MR) is 107 cm³/mol. The number of pyridine rings is 1. The summed E-state index contributed by atoms with van der Waals surface area (Å²) in [6.45, 7) is 8.65. The lowest BCUT2D eigenvalue weighted by molar-refractivity contribution is 0.999. The molecule has 0 aliphatic rings. The molecule has 4 aromatic rings. The van der Waals surface area contributed by atoms with Gasteiger partial charge in [0, 0.05) is 36.8 Å². The molecule has 4 heterocycles. The first-order chi connectivity index (χ1) is 12.0.